The van der Waals surface area contributed by atoms with Crippen LogP contribution in [0.1, 0.15) is 28.8 Å². The molecule has 2 aliphatic rings. The predicted molar refractivity (Wildman–Crippen MR) is 94.8 cm³/mol. The SMILES string of the molecule is CN(C)/N=C\c1c(N(C)C2CC3(CNC3)C2)ccc(Cl)c1C=O. The van der Waals surface area contributed by atoms with E-state index in [1.165, 1.54) is 12.8 Å². The Morgan fingerprint density at radius 3 is 2.48 bits per heavy atom. The third-order valence-corrected chi connectivity index (χ3v) is 5.34. The van der Waals surface area contributed by atoms with Crippen LogP contribution in [0.4, 0.5) is 5.69 Å². The van der Waals surface area contributed by atoms with E-state index >= 15 is 0 Å². The van der Waals surface area contributed by atoms with Crippen LogP contribution in [-0.4, -0.2) is 57.8 Å². The standard InChI is InChI=1S/C17H23ClN4O/c1-21(2)20-8-13-14(9-23)15(18)4-5-16(13)22(3)12-6-17(7-12)10-19-11-17/h4-5,8-9,12,19H,6-7,10-11H2,1-3H3/b20-8-. The van der Waals surface area contributed by atoms with Crippen LogP contribution in [0, 0.1) is 5.41 Å². The van der Waals surface area contributed by atoms with Crippen molar-refractivity contribution in [3.63, 3.8) is 0 Å². The van der Waals surface area contributed by atoms with E-state index in [2.05, 4.69) is 22.4 Å². The number of halogens is 1. The maximum absolute atomic E-state index is 11.5. The minimum absolute atomic E-state index is 0.464. The number of hydrogen-bond acceptors (Lipinski definition) is 5. The Morgan fingerprint density at radius 2 is 1.96 bits per heavy atom. The van der Waals surface area contributed by atoms with Crippen LogP contribution in [0.5, 0.6) is 0 Å². The van der Waals surface area contributed by atoms with Crippen LogP contribution in [0.3, 0.4) is 0 Å². The summed E-state index contributed by atoms with van der Waals surface area (Å²) in [5.41, 5.74) is 2.81. The average Bonchev–Trinajstić information content (AvgIpc) is 2.41. The molecule has 5 nitrogen and oxygen atoms in total. The Labute approximate surface area is 142 Å². The first-order valence-corrected chi connectivity index (χ1v) is 8.26. The number of hydrogen-bond donors (Lipinski definition) is 1. The Hall–Kier alpha value is -1.59. The number of benzene rings is 1. The second-order valence-electron chi connectivity index (χ2n) is 6.88. The predicted octanol–water partition coefficient (Wildman–Crippen LogP) is 2.24. The first-order chi connectivity index (χ1) is 11.0. The lowest BCUT2D eigenvalue weighted by Crippen LogP contribution is -2.64. The number of nitrogens with zero attached hydrogens (tertiary/aromatic N) is 3. The number of aldehydes is 1. The number of carbonyl (C=O) groups is 1. The lowest BCUT2D eigenvalue weighted by Gasteiger charge is -2.57. The highest BCUT2D eigenvalue weighted by atomic mass is 35.5. The van der Waals surface area contributed by atoms with Crippen LogP contribution in [-0.2, 0) is 0 Å². The molecule has 1 aromatic carbocycles. The first-order valence-electron chi connectivity index (χ1n) is 7.88. The molecule has 1 saturated carbocycles. The third-order valence-electron chi connectivity index (χ3n) is 5.01. The number of rotatable bonds is 5. The first kappa shape index (κ1) is 16.3. The quantitative estimate of drug-likeness (QED) is 0.509. The summed E-state index contributed by atoms with van der Waals surface area (Å²) in [4.78, 5) is 13.8. The lowest BCUT2D eigenvalue weighted by atomic mass is 9.61. The summed E-state index contributed by atoms with van der Waals surface area (Å²) in [5, 5.41) is 9.83. The second kappa shape index (κ2) is 6.13. The fraction of sp³-hybridized carbons (Fsp3) is 0.529. The van der Waals surface area contributed by atoms with E-state index in [0.29, 0.717) is 22.0 Å². The molecular weight excluding hydrogens is 312 g/mol. The maximum atomic E-state index is 11.5. The minimum Gasteiger partial charge on any atom is -0.371 e. The van der Waals surface area contributed by atoms with Crippen molar-refractivity contribution in [1.82, 2.24) is 10.3 Å². The molecule has 6 heteroatoms. The van der Waals surface area contributed by atoms with Gasteiger partial charge in [-0.2, -0.15) is 5.10 Å². The van der Waals surface area contributed by atoms with Crippen LogP contribution >= 0.6 is 11.6 Å². The van der Waals surface area contributed by atoms with Gasteiger partial charge in [0.2, 0.25) is 0 Å². The van der Waals surface area contributed by atoms with Crippen molar-refractivity contribution in [2.75, 3.05) is 39.1 Å². The number of hydrazone groups is 1. The molecule has 2 fully saturated rings. The van der Waals surface area contributed by atoms with Gasteiger partial charge >= 0.3 is 0 Å². The fourth-order valence-electron chi connectivity index (χ4n) is 3.51. The Bertz CT molecular complexity index is 632. The molecule has 1 spiro atoms. The van der Waals surface area contributed by atoms with Crippen molar-refractivity contribution in [1.29, 1.82) is 0 Å². The van der Waals surface area contributed by atoms with Crippen molar-refractivity contribution < 1.29 is 4.79 Å². The second-order valence-corrected chi connectivity index (χ2v) is 7.29. The largest absolute Gasteiger partial charge is 0.371 e. The highest BCUT2D eigenvalue weighted by Crippen LogP contribution is 2.47. The van der Waals surface area contributed by atoms with E-state index < -0.39 is 0 Å². The van der Waals surface area contributed by atoms with Gasteiger partial charge in [-0.1, -0.05) is 11.6 Å². The van der Waals surface area contributed by atoms with Crippen molar-refractivity contribution in [2.45, 2.75) is 18.9 Å². The monoisotopic (exact) mass is 334 g/mol. The maximum Gasteiger partial charge on any atom is 0.152 e. The summed E-state index contributed by atoms with van der Waals surface area (Å²) >= 11 is 6.19. The van der Waals surface area contributed by atoms with Gasteiger partial charge in [0, 0.05) is 57.1 Å². The third kappa shape index (κ3) is 2.95. The molecule has 3 rings (SSSR count). The molecule has 0 amide bonds. The molecule has 23 heavy (non-hydrogen) atoms. The van der Waals surface area contributed by atoms with E-state index in [1.807, 2.05) is 20.2 Å². The molecule has 0 bridgehead atoms. The molecule has 1 heterocycles. The van der Waals surface area contributed by atoms with Gasteiger partial charge in [-0.15, -0.1) is 0 Å². The van der Waals surface area contributed by atoms with E-state index in [9.17, 15) is 4.79 Å². The summed E-state index contributed by atoms with van der Waals surface area (Å²) in [6.07, 6.45) is 4.93. The summed E-state index contributed by atoms with van der Waals surface area (Å²) in [6.45, 7) is 2.26. The lowest BCUT2D eigenvalue weighted by molar-refractivity contribution is 0.0373. The van der Waals surface area contributed by atoms with Crippen molar-refractivity contribution in [3.8, 4) is 0 Å². The zero-order valence-electron chi connectivity index (χ0n) is 13.8. The van der Waals surface area contributed by atoms with Crippen molar-refractivity contribution in [2.24, 2.45) is 10.5 Å². The van der Waals surface area contributed by atoms with E-state index in [4.69, 9.17) is 11.6 Å². The van der Waals surface area contributed by atoms with E-state index in [1.54, 1.807) is 17.3 Å². The van der Waals surface area contributed by atoms with Gasteiger partial charge in [0.1, 0.15) is 0 Å². The summed E-state index contributed by atoms with van der Waals surface area (Å²) in [5.74, 6) is 0. The van der Waals surface area contributed by atoms with Gasteiger partial charge in [0.15, 0.2) is 6.29 Å². The summed E-state index contributed by atoms with van der Waals surface area (Å²) in [7, 11) is 5.79. The van der Waals surface area contributed by atoms with Gasteiger partial charge in [-0.05, 0) is 30.4 Å². The fourth-order valence-corrected chi connectivity index (χ4v) is 3.72. The molecule has 0 aromatic heterocycles. The highest BCUT2D eigenvalue weighted by Gasteiger charge is 2.49. The number of carbonyl (C=O) groups excluding carboxylic acids is 1. The smallest absolute Gasteiger partial charge is 0.152 e. The van der Waals surface area contributed by atoms with Crippen LogP contribution < -0.4 is 10.2 Å². The van der Waals surface area contributed by atoms with Gasteiger partial charge < -0.3 is 15.2 Å². The summed E-state index contributed by atoms with van der Waals surface area (Å²) in [6, 6.07) is 4.28. The normalized spacial score (nSPS) is 19.5. The number of nitrogens with one attached hydrogen (secondary N) is 1. The molecule has 0 radical (unpaired) electrons. The Balaban J connectivity index is 1.89. The zero-order valence-corrected chi connectivity index (χ0v) is 14.6. The Kier molecular flexibility index (Phi) is 4.34. The molecule has 0 unspecified atom stereocenters. The molecule has 124 valence electrons. The minimum atomic E-state index is 0.464. The number of anilines is 1. The van der Waals surface area contributed by atoms with Crippen LogP contribution in [0.15, 0.2) is 17.2 Å². The van der Waals surface area contributed by atoms with Crippen molar-refractivity contribution >= 4 is 29.8 Å². The molecule has 0 atom stereocenters. The summed E-state index contributed by atoms with van der Waals surface area (Å²) < 4.78 is 0. The average molecular weight is 335 g/mol. The molecule has 1 saturated heterocycles. The van der Waals surface area contributed by atoms with Gasteiger partial charge in [-0.3, -0.25) is 4.79 Å². The van der Waals surface area contributed by atoms with Gasteiger partial charge in [-0.25, -0.2) is 0 Å². The highest BCUT2D eigenvalue weighted by molar-refractivity contribution is 6.33. The van der Waals surface area contributed by atoms with E-state index in [0.717, 1.165) is 30.6 Å². The molecule has 1 N–H and O–H groups in total. The van der Waals surface area contributed by atoms with Crippen LogP contribution in [0.2, 0.25) is 5.02 Å². The molecular formula is C17H23ClN4O. The van der Waals surface area contributed by atoms with Gasteiger partial charge in [0.05, 0.1) is 11.2 Å². The molecule has 1 aliphatic heterocycles. The molecule has 1 aromatic rings. The van der Waals surface area contributed by atoms with E-state index in [-0.39, 0.29) is 0 Å². The molecule has 1 aliphatic carbocycles. The van der Waals surface area contributed by atoms with Gasteiger partial charge in [0.25, 0.3) is 0 Å². The Morgan fingerprint density at radius 1 is 1.26 bits per heavy atom. The topological polar surface area (TPSA) is 47.9 Å². The van der Waals surface area contributed by atoms with Crippen LogP contribution in [0.25, 0.3) is 0 Å². The zero-order chi connectivity index (χ0) is 16.6. The van der Waals surface area contributed by atoms with Crippen molar-refractivity contribution in [3.05, 3.63) is 28.3 Å².